The molecule has 42 heavy (non-hydrogen) atoms. The molecule has 3 N–H and O–H groups in total. The quantitative estimate of drug-likeness (QED) is 0.283. The number of carbonyl (C=O) groups excluding carboxylic acids is 2. The first kappa shape index (κ1) is 34.1. The van der Waals surface area contributed by atoms with Gasteiger partial charge in [-0.05, 0) is 36.7 Å². The molecule has 1 aromatic heterocycles. The fourth-order valence-electron chi connectivity index (χ4n) is 6.34. The molecule has 10 heteroatoms. The fraction of sp³-hybridized carbons (Fsp3) is 0.656. The molecular weight excluding hydrogens is 550 g/mol. The Labute approximate surface area is 256 Å². The summed E-state index contributed by atoms with van der Waals surface area (Å²) in [6, 6.07) is 10.3. The Kier molecular flexibility index (Phi) is 13.9. The number of ether oxygens (including phenoxy) is 2. The van der Waals surface area contributed by atoms with Crippen LogP contribution in [0.4, 0.5) is 0 Å². The topological polar surface area (TPSA) is 110 Å². The first-order valence-electron chi connectivity index (χ1n) is 15.2. The van der Waals surface area contributed by atoms with Crippen LogP contribution in [0.15, 0.2) is 41.9 Å². The van der Waals surface area contributed by atoms with Crippen LogP contribution in [0.3, 0.4) is 0 Å². The van der Waals surface area contributed by atoms with Crippen molar-refractivity contribution < 1.29 is 19.1 Å². The lowest BCUT2D eigenvalue weighted by molar-refractivity contribution is -0.144. The number of carbonyl (C=O) groups is 2. The van der Waals surface area contributed by atoms with Crippen molar-refractivity contribution in [3.8, 4) is 0 Å². The van der Waals surface area contributed by atoms with Crippen molar-refractivity contribution >= 4 is 23.2 Å². The van der Waals surface area contributed by atoms with Crippen LogP contribution in [-0.4, -0.2) is 91.8 Å². The number of hydrogen-bond donors (Lipinski definition) is 2. The van der Waals surface area contributed by atoms with Crippen LogP contribution in [0.2, 0.25) is 0 Å². The molecule has 2 aromatic rings. The molecule has 1 aliphatic heterocycles. The van der Waals surface area contributed by atoms with E-state index in [9.17, 15) is 9.59 Å². The second-order valence-corrected chi connectivity index (χ2v) is 12.5. The molecule has 9 nitrogen and oxygen atoms in total. The molecule has 1 saturated heterocycles. The van der Waals surface area contributed by atoms with Gasteiger partial charge in [0.2, 0.25) is 11.8 Å². The van der Waals surface area contributed by atoms with Gasteiger partial charge < -0.3 is 30.3 Å². The summed E-state index contributed by atoms with van der Waals surface area (Å²) in [5.74, 6) is 0.194. The standard InChI is InChI=1S/C32H51N5O4S/c1-7-22(2)30(36(4)29(39)20-33)27(40-5)19-28(38)37-16-11-14-26(37)31(41-6)23(3)21-35-25(32-34-15-17-42-32)18-24-12-9-8-10-13-24/h8-10,12-13,15,17,22-23,25-27,30-31,35H,7,11,14,16,18-21,33H2,1-6H3. The molecule has 3 rings (SSSR count). The summed E-state index contributed by atoms with van der Waals surface area (Å²) in [5.41, 5.74) is 6.93. The van der Waals surface area contributed by atoms with E-state index in [0.717, 1.165) is 37.2 Å². The number of likely N-dealkylation sites (N-methyl/N-ethyl adjacent to an activating group) is 1. The molecule has 1 aliphatic rings. The van der Waals surface area contributed by atoms with E-state index in [1.807, 2.05) is 22.5 Å². The van der Waals surface area contributed by atoms with E-state index in [0.29, 0.717) is 6.54 Å². The minimum Gasteiger partial charge on any atom is -0.379 e. The molecule has 234 valence electrons. The monoisotopic (exact) mass is 601 g/mol. The zero-order valence-electron chi connectivity index (χ0n) is 26.2. The van der Waals surface area contributed by atoms with E-state index < -0.39 is 6.10 Å². The lowest BCUT2D eigenvalue weighted by Crippen LogP contribution is -2.53. The maximum atomic E-state index is 13.8. The Morgan fingerprint density at radius 1 is 1.19 bits per heavy atom. The van der Waals surface area contributed by atoms with Crippen LogP contribution in [0.5, 0.6) is 0 Å². The van der Waals surface area contributed by atoms with Gasteiger partial charge in [0.05, 0.1) is 43.3 Å². The van der Waals surface area contributed by atoms with Crippen LogP contribution >= 0.6 is 11.3 Å². The van der Waals surface area contributed by atoms with E-state index in [1.54, 1.807) is 37.5 Å². The third kappa shape index (κ3) is 8.83. The summed E-state index contributed by atoms with van der Waals surface area (Å²) in [6.45, 7) is 7.72. The number of nitrogens with one attached hydrogen (secondary N) is 1. The Morgan fingerprint density at radius 3 is 2.52 bits per heavy atom. The number of thiazole rings is 1. The minimum atomic E-state index is -0.425. The molecule has 2 heterocycles. The number of nitrogens with zero attached hydrogens (tertiary/aromatic N) is 3. The lowest BCUT2D eigenvalue weighted by Gasteiger charge is -2.39. The van der Waals surface area contributed by atoms with Crippen LogP contribution in [0.25, 0.3) is 0 Å². The molecule has 0 aliphatic carbocycles. The highest BCUT2D eigenvalue weighted by atomic mass is 32.1. The van der Waals surface area contributed by atoms with Gasteiger partial charge in [0.1, 0.15) is 5.01 Å². The zero-order chi connectivity index (χ0) is 30.6. The van der Waals surface area contributed by atoms with E-state index in [4.69, 9.17) is 15.2 Å². The summed E-state index contributed by atoms with van der Waals surface area (Å²) >= 11 is 1.66. The molecule has 1 fully saturated rings. The van der Waals surface area contributed by atoms with Crippen LogP contribution in [0.1, 0.15) is 63.1 Å². The average Bonchev–Trinajstić information content (AvgIpc) is 3.72. The molecule has 7 atom stereocenters. The van der Waals surface area contributed by atoms with E-state index in [2.05, 4.69) is 55.3 Å². The van der Waals surface area contributed by atoms with Crippen LogP contribution in [0, 0.1) is 11.8 Å². The number of methoxy groups -OCH3 is 2. The van der Waals surface area contributed by atoms with Gasteiger partial charge in [0.25, 0.3) is 0 Å². The van der Waals surface area contributed by atoms with Crippen molar-refractivity contribution in [2.45, 2.75) is 83.2 Å². The summed E-state index contributed by atoms with van der Waals surface area (Å²) in [6.07, 6.45) is 5.05. The molecule has 0 saturated carbocycles. The van der Waals surface area contributed by atoms with Crippen molar-refractivity contribution in [1.29, 1.82) is 0 Å². The highest BCUT2D eigenvalue weighted by Crippen LogP contribution is 2.29. The van der Waals surface area contributed by atoms with E-state index >= 15 is 0 Å². The number of benzene rings is 1. The molecule has 0 radical (unpaired) electrons. The van der Waals surface area contributed by atoms with Gasteiger partial charge in [-0.15, -0.1) is 11.3 Å². The maximum absolute atomic E-state index is 13.8. The second kappa shape index (κ2) is 17.1. The molecule has 0 bridgehead atoms. The molecular formula is C32H51N5O4S. The van der Waals surface area contributed by atoms with Crippen LogP contribution < -0.4 is 11.1 Å². The summed E-state index contributed by atoms with van der Waals surface area (Å²) in [5, 5.41) is 6.84. The molecule has 7 unspecified atom stereocenters. The van der Waals surface area contributed by atoms with Crippen molar-refractivity contribution in [3.05, 3.63) is 52.5 Å². The Balaban J connectivity index is 1.69. The minimum absolute atomic E-state index is 0.0188. The van der Waals surface area contributed by atoms with Gasteiger partial charge in [-0.3, -0.25) is 9.59 Å². The largest absolute Gasteiger partial charge is 0.379 e. The average molecular weight is 602 g/mol. The SMILES string of the molecule is CCC(C)C(C(CC(=O)N1CCCC1C(OC)C(C)CNC(Cc1ccccc1)c1nccs1)OC)N(C)C(=O)CN. The van der Waals surface area contributed by atoms with Crippen molar-refractivity contribution in [3.63, 3.8) is 0 Å². The van der Waals surface area contributed by atoms with Gasteiger partial charge in [0, 0.05) is 45.9 Å². The lowest BCUT2D eigenvalue weighted by atomic mass is 9.90. The van der Waals surface area contributed by atoms with Crippen molar-refractivity contribution in [2.24, 2.45) is 17.6 Å². The number of hydrogen-bond acceptors (Lipinski definition) is 8. The van der Waals surface area contributed by atoms with Gasteiger partial charge in [-0.1, -0.05) is 57.5 Å². The number of amides is 2. The van der Waals surface area contributed by atoms with E-state index in [-0.39, 0.29) is 60.8 Å². The summed E-state index contributed by atoms with van der Waals surface area (Å²) in [4.78, 5) is 34.6. The van der Waals surface area contributed by atoms with Crippen molar-refractivity contribution in [1.82, 2.24) is 20.1 Å². The smallest absolute Gasteiger partial charge is 0.236 e. The number of nitrogens with two attached hydrogens (primary N) is 1. The number of likely N-dealkylation sites (tertiary alicyclic amines) is 1. The Morgan fingerprint density at radius 2 is 1.93 bits per heavy atom. The fourth-order valence-corrected chi connectivity index (χ4v) is 7.06. The summed E-state index contributed by atoms with van der Waals surface area (Å²) < 4.78 is 12.0. The first-order valence-corrected chi connectivity index (χ1v) is 16.1. The summed E-state index contributed by atoms with van der Waals surface area (Å²) in [7, 11) is 5.12. The molecule has 2 amide bonds. The molecule has 0 spiro atoms. The Hall–Kier alpha value is -2.37. The normalized spacial score (nSPS) is 19.6. The zero-order valence-corrected chi connectivity index (χ0v) is 27.0. The maximum Gasteiger partial charge on any atom is 0.236 e. The number of aromatic nitrogens is 1. The van der Waals surface area contributed by atoms with Gasteiger partial charge in [0.15, 0.2) is 0 Å². The van der Waals surface area contributed by atoms with Gasteiger partial charge in [-0.25, -0.2) is 4.98 Å². The third-order valence-corrected chi connectivity index (χ3v) is 9.74. The highest BCUT2D eigenvalue weighted by molar-refractivity contribution is 7.09. The first-order chi connectivity index (χ1) is 20.2. The van der Waals surface area contributed by atoms with Crippen molar-refractivity contribution in [2.75, 3.05) is 40.9 Å². The predicted molar refractivity (Wildman–Crippen MR) is 168 cm³/mol. The predicted octanol–water partition coefficient (Wildman–Crippen LogP) is 3.90. The highest BCUT2D eigenvalue weighted by Gasteiger charge is 2.40. The number of rotatable bonds is 17. The van der Waals surface area contributed by atoms with Gasteiger partial charge >= 0.3 is 0 Å². The van der Waals surface area contributed by atoms with Gasteiger partial charge in [-0.2, -0.15) is 0 Å². The second-order valence-electron chi connectivity index (χ2n) is 11.6. The third-order valence-electron chi connectivity index (χ3n) is 8.85. The Bertz CT molecular complexity index is 1070. The molecule has 1 aromatic carbocycles. The van der Waals surface area contributed by atoms with Crippen LogP contribution in [-0.2, 0) is 25.5 Å². The van der Waals surface area contributed by atoms with E-state index in [1.165, 1.54) is 5.56 Å².